The summed E-state index contributed by atoms with van der Waals surface area (Å²) < 4.78 is 56.6. The number of carbonyl (C=O) groups is 2. The van der Waals surface area contributed by atoms with Gasteiger partial charge in [-0.15, -0.1) is 0 Å². The summed E-state index contributed by atoms with van der Waals surface area (Å²) >= 11 is 0. The molecular weight excluding hydrogens is 511 g/mol. The fourth-order valence-corrected chi connectivity index (χ4v) is 5.58. The smallest absolute Gasteiger partial charge is 0.416 e. The largest absolute Gasteiger partial charge is 0.496 e. The summed E-state index contributed by atoms with van der Waals surface area (Å²) in [4.78, 5) is 26.9. The van der Waals surface area contributed by atoms with Gasteiger partial charge in [-0.3, -0.25) is 4.90 Å². The summed E-state index contributed by atoms with van der Waals surface area (Å²) in [5.41, 5.74) is 3.09. The first kappa shape index (κ1) is 28.5. The van der Waals surface area contributed by atoms with Crippen molar-refractivity contribution < 1.29 is 37.0 Å². The van der Waals surface area contributed by atoms with Crippen LogP contribution >= 0.6 is 0 Å². The van der Waals surface area contributed by atoms with Crippen LogP contribution in [0, 0.1) is 12.3 Å². The third-order valence-electron chi connectivity index (χ3n) is 7.62. The third-order valence-corrected chi connectivity index (χ3v) is 7.62. The molecule has 0 N–H and O–H groups in total. The number of hydrogen-bond donors (Lipinski definition) is 0. The van der Waals surface area contributed by atoms with Gasteiger partial charge >= 0.3 is 18.2 Å². The van der Waals surface area contributed by atoms with Gasteiger partial charge in [0.2, 0.25) is 0 Å². The van der Waals surface area contributed by atoms with Crippen LogP contribution in [0.15, 0.2) is 42.0 Å². The fraction of sp³-hybridized carbons (Fsp3) is 0.467. The highest BCUT2D eigenvalue weighted by atomic mass is 19.4. The number of rotatable bonds is 6. The van der Waals surface area contributed by atoms with Crippen molar-refractivity contribution in [1.82, 2.24) is 4.90 Å². The molecule has 2 aromatic carbocycles. The van der Waals surface area contributed by atoms with Crippen molar-refractivity contribution in [3.63, 3.8) is 0 Å². The fourth-order valence-electron chi connectivity index (χ4n) is 5.58. The number of benzene rings is 2. The predicted molar refractivity (Wildman–Crippen MR) is 140 cm³/mol. The Balaban J connectivity index is 1.72. The molecule has 9 heteroatoms. The average Bonchev–Trinajstić information content (AvgIpc) is 3.15. The number of alkyl halides is 3. The highest BCUT2D eigenvalue weighted by Crippen LogP contribution is 2.46. The molecule has 0 bridgehead atoms. The molecule has 2 atom stereocenters. The van der Waals surface area contributed by atoms with Crippen LogP contribution in [-0.4, -0.2) is 43.8 Å². The monoisotopic (exact) mass is 545 g/mol. The second-order valence-corrected chi connectivity index (χ2v) is 11.1. The molecule has 1 heterocycles. The first-order valence-corrected chi connectivity index (χ1v) is 12.9. The van der Waals surface area contributed by atoms with Crippen molar-refractivity contribution in [2.24, 2.45) is 5.41 Å². The standard InChI is InChI=1S/C30H34F3NO5/c1-17-11-20(13-22(12-17)30(31,32)33)26-18(2)34(28(36)39-26)16-21-15-29(3,4)10-9-23(21)24-14-19(27(35)38-6)7-8-25(24)37-5/h7-8,11-14,18,26H,9-10,15-16H2,1-6H3/t18-,26-/m0/s1. The Morgan fingerprint density at radius 3 is 2.51 bits per heavy atom. The maximum Gasteiger partial charge on any atom is 0.416 e. The molecule has 0 aromatic heterocycles. The van der Waals surface area contributed by atoms with Crippen LogP contribution in [0.3, 0.4) is 0 Å². The summed E-state index contributed by atoms with van der Waals surface area (Å²) in [6.07, 6.45) is -3.63. The van der Waals surface area contributed by atoms with Crippen molar-refractivity contribution in [2.75, 3.05) is 20.8 Å². The molecule has 1 saturated heterocycles. The summed E-state index contributed by atoms with van der Waals surface area (Å²) in [6, 6.07) is 8.39. The van der Waals surface area contributed by atoms with Crippen molar-refractivity contribution in [3.8, 4) is 5.75 Å². The molecule has 0 radical (unpaired) electrons. The SMILES string of the molecule is COC(=O)c1ccc(OC)c(C2=C(CN3C(=O)O[C@H](c4cc(C)cc(C(F)(F)F)c4)[C@@H]3C)CC(C)(C)CC2)c1. The number of esters is 1. The lowest BCUT2D eigenvalue weighted by molar-refractivity contribution is -0.137. The molecule has 4 rings (SSSR count). The van der Waals surface area contributed by atoms with Crippen LogP contribution in [-0.2, 0) is 15.7 Å². The van der Waals surface area contributed by atoms with E-state index < -0.39 is 35.9 Å². The number of methoxy groups -OCH3 is 2. The number of aryl methyl sites for hydroxylation is 1. The van der Waals surface area contributed by atoms with Crippen LogP contribution in [0.2, 0.25) is 0 Å². The number of amides is 1. The average molecular weight is 546 g/mol. The van der Waals surface area contributed by atoms with Gasteiger partial charge in [-0.2, -0.15) is 13.2 Å². The second kappa shape index (κ2) is 10.6. The first-order valence-electron chi connectivity index (χ1n) is 12.9. The van der Waals surface area contributed by atoms with Gasteiger partial charge in [0, 0.05) is 12.1 Å². The number of carbonyl (C=O) groups excluding carboxylic acids is 2. The zero-order valence-corrected chi connectivity index (χ0v) is 23.1. The summed E-state index contributed by atoms with van der Waals surface area (Å²) in [5.74, 6) is 0.136. The van der Waals surface area contributed by atoms with Gasteiger partial charge in [0.1, 0.15) is 11.9 Å². The molecule has 210 valence electrons. The second-order valence-electron chi connectivity index (χ2n) is 11.1. The molecule has 1 aliphatic heterocycles. The molecule has 6 nitrogen and oxygen atoms in total. The van der Waals surface area contributed by atoms with E-state index in [4.69, 9.17) is 14.2 Å². The number of cyclic esters (lactones) is 1. The lowest BCUT2D eigenvalue weighted by atomic mass is 9.72. The zero-order chi connectivity index (χ0) is 28.7. The molecule has 1 aliphatic carbocycles. The molecule has 0 saturated carbocycles. The maximum absolute atomic E-state index is 13.5. The zero-order valence-electron chi connectivity index (χ0n) is 23.1. The Bertz CT molecular complexity index is 1310. The van der Waals surface area contributed by atoms with Gasteiger partial charge in [0.25, 0.3) is 0 Å². The molecule has 2 aromatic rings. The number of allylic oxidation sites excluding steroid dienone is 1. The van der Waals surface area contributed by atoms with Gasteiger partial charge in [-0.25, -0.2) is 9.59 Å². The number of ether oxygens (including phenoxy) is 3. The minimum absolute atomic E-state index is 0.0313. The van der Waals surface area contributed by atoms with Gasteiger partial charge in [0.05, 0.1) is 31.4 Å². The quantitative estimate of drug-likeness (QED) is 0.355. The summed E-state index contributed by atoms with van der Waals surface area (Å²) in [7, 11) is 2.88. The van der Waals surface area contributed by atoms with Gasteiger partial charge < -0.3 is 14.2 Å². The third kappa shape index (κ3) is 5.92. The highest BCUT2D eigenvalue weighted by molar-refractivity contribution is 5.91. The van der Waals surface area contributed by atoms with Crippen LogP contribution in [0.4, 0.5) is 18.0 Å². The number of nitrogens with zero attached hydrogens (tertiary/aromatic N) is 1. The van der Waals surface area contributed by atoms with E-state index in [1.54, 1.807) is 50.1 Å². The van der Waals surface area contributed by atoms with E-state index in [-0.39, 0.29) is 12.0 Å². The van der Waals surface area contributed by atoms with Crippen LogP contribution in [0.25, 0.3) is 5.57 Å². The van der Waals surface area contributed by atoms with E-state index in [1.807, 2.05) is 0 Å². The highest BCUT2D eigenvalue weighted by Gasteiger charge is 2.42. The minimum atomic E-state index is -4.50. The van der Waals surface area contributed by atoms with Crippen LogP contribution in [0.5, 0.6) is 5.75 Å². The van der Waals surface area contributed by atoms with E-state index in [2.05, 4.69) is 13.8 Å². The molecule has 39 heavy (non-hydrogen) atoms. The summed E-state index contributed by atoms with van der Waals surface area (Å²) in [6.45, 7) is 7.95. The Morgan fingerprint density at radius 2 is 1.87 bits per heavy atom. The minimum Gasteiger partial charge on any atom is -0.496 e. The molecular formula is C30H34F3NO5. The van der Waals surface area contributed by atoms with Gasteiger partial charge in [-0.1, -0.05) is 25.5 Å². The van der Waals surface area contributed by atoms with Crippen molar-refractivity contribution in [3.05, 3.63) is 69.8 Å². The number of halogens is 3. The van der Waals surface area contributed by atoms with Gasteiger partial charge in [0.15, 0.2) is 0 Å². The molecule has 1 amide bonds. The summed E-state index contributed by atoms with van der Waals surface area (Å²) in [5, 5.41) is 0. The number of hydrogen-bond acceptors (Lipinski definition) is 5. The Labute approximate surface area is 226 Å². The topological polar surface area (TPSA) is 65.1 Å². The van der Waals surface area contributed by atoms with Crippen molar-refractivity contribution in [2.45, 2.75) is 65.3 Å². The normalized spacial score (nSPS) is 21.2. The Hall–Kier alpha value is -3.49. The molecule has 0 spiro atoms. The lowest BCUT2D eigenvalue weighted by Crippen LogP contribution is -2.35. The molecule has 2 aliphatic rings. The van der Waals surface area contributed by atoms with Gasteiger partial charge in [-0.05, 0) is 85.6 Å². The molecule has 0 unspecified atom stereocenters. The van der Waals surface area contributed by atoms with E-state index >= 15 is 0 Å². The Kier molecular flexibility index (Phi) is 7.74. The predicted octanol–water partition coefficient (Wildman–Crippen LogP) is 7.35. The lowest BCUT2D eigenvalue weighted by Gasteiger charge is -2.36. The van der Waals surface area contributed by atoms with E-state index in [1.165, 1.54) is 7.11 Å². The van der Waals surface area contributed by atoms with E-state index in [0.717, 1.165) is 35.3 Å². The van der Waals surface area contributed by atoms with Crippen LogP contribution in [0.1, 0.15) is 78.7 Å². The van der Waals surface area contributed by atoms with E-state index in [0.29, 0.717) is 35.3 Å². The maximum atomic E-state index is 13.5. The van der Waals surface area contributed by atoms with Crippen molar-refractivity contribution >= 4 is 17.6 Å². The van der Waals surface area contributed by atoms with Crippen molar-refractivity contribution in [1.29, 1.82) is 0 Å². The first-order chi connectivity index (χ1) is 18.2. The van der Waals surface area contributed by atoms with Crippen LogP contribution < -0.4 is 4.74 Å². The van der Waals surface area contributed by atoms with E-state index in [9.17, 15) is 22.8 Å². The molecule has 1 fully saturated rings. The Morgan fingerprint density at radius 1 is 1.15 bits per heavy atom.